The summed E-state index contributed by atoms with van der Waals surface area (Å²) in [6, 6.07) is 18.4. The molecule has 0 aliphatic carbocycles. The largest absolute Gasteiger partial charge is 0.405 e. The van der Waals surface area contributed by atoms with Crippen LogP contribution in [0.3, 0.4) is 0 Å². The van der Waals surface area contributed by atoms with Gasteiger partial charge in [0.1, 0.15) is 12.3 Å². The van der Waals surface area contributed by atoms with Crippen LogP contribution < -0.4 is 10.3 Å². The number of anilines is 1. The van der Waals surface area contributed by atoms with Crippen LogP contribution in [0.25, 0.3) is 0 Å². The van der Waals surface area contributed by atoms with E-state index in [4.69, 9.17) is 0 Å². The number of hydrogen-bond acceptors (Lipinski definition) is 3. The van der Waals surface area contributed by atoms with Crippen molar-refractivity contribution in [3.05, 3.63) is 66.2 Å². The third-order valence-electron chi connectivity index (χ3n) is 3.83. The summed E-state index contributed by atoms with van der Waals surface area (Å²) in [5.41, 5.74) is 1.80. The fraction of sp³-hybridized carbons (Fsp3) is 0.222. The highest BCUT2D eigenvalue weighted by Crippen LogP contribution is 2.35. The number of halogens is 3. The van der Waals surface area contributed by atoms with Gasteiger partial charge >= 0.3 is 6.18 Å². The maximum absolute atomic E-state index is 12.3. The Hall–Kier alpha value is -2.83. The van der Waals surface area contributed by atoms with Gasteiger partial charge in [0.2, 0.25) is 0 Å². The zero-order valence-corrected chi connectivity index (χ0v) is 13.2. The maximum atomic E-state index is 12.3. The van der Waals surface area contributed by atoms with Gasteiger partial charge in [-0.25, -0.2) is 0 Å². The lowest BCUT2D eigenvalue weighted by Crippen LogP contribution is -2.37. The molecular weight excluding hydrogens is 331 g/mol. The Morgan fingerprint density at radius 2 is 1.68 bits per heavy atom. The van der Waals surface area contributed by atoms with E-state index in [1.807, 2.05) is 66.0 Å². The van der Waals surface area contributed by atoms with E-state index in [-0.39, 0.29) is 18.2 Å². The summed E-state index contributed by atoms with van der Waals surface area (Å²) in [6.45, 7) is -1.37. The van der Waals surface area contributed by atoms with Crippen LogP contribution in [-0.4, -0.2) is 24.3 Å². The van der Waals surface area contributed by atoms with E-state index >= 15 is 0 Å². The van der Waals surface area contributed by atoms with Gasteiger partial charge in [0.05, 0.1) is 11.7 Å². The first kappa shape index (κ1) is 17.0. The minimum absolute atomic E-state index is 0.0851. The number of nitrogens with one attached hydrogen (secondary N) is 1. The molecule has 4 nitrogen and oxygen atoms in total. The van der Waals surface area contributed by atoms with Crippen molar-refractivity contribution < 1.29 is 18.0 Å². The number of carbonyl (C=O) groups excluding carboxylic acids is 1. The molecule has 0 spiro atoms. The maximum Gasteiger partial charge on any atom is 0.405 e. The molecule has 2 aromatic rings. The van der Waals surface area contributed by atoms with Crippen LogP contribution in [0.5, 0.6) is 0 Å². The first-order valence-corrected chi connectivity index (χ1v) is 7.76. The molecule has 0 bridgehead atoms. The number of para-hydroxylation sites is 1. The lowest BCUT2D eigenvalue weighted by Gasteiger charge is -2.23. The van der Waals surface area contributed by atoms with Gasteiger partial charge < -0.3 is 5.32 Å². The molecule has 1 N–H and O–H groups in total. The molecule has 7 heteroatoms. The van der Waals surface area contributed by atoms with E-state index in [1.165, 1.54) is 0 Å². The van der Waals surface area contributed by atoms with Gasteiger partial charge in [-0.05, 0) is 17.7 Å². The smallest absolute Gasteiger partial charge is 0.342 e. The van der Waals surface area contributed by atoms with E-state index in [1.54, 1.807) is 5.01 Å². The Morgan fingerprint density at radius 1 is 1.08 bits per heavy atom. The van der Waals surface area contributed by atoms with Gasteiger partial charge in [-0.3, -0.25) is 9.80 Å². The number of nitrogens with zero attached hydrogens (tertiary/aromatic N) is 2. The van der Waals surface area contributed by atoms with E-state index < -0.39 is 18.6 Å². The molecule has 2 aromatic carbocycles. The van der Waals surface area contributed by atoms with Gasteiger partial charge in [0, 0.05) is 6.42 Å². The van der Waals surface area contributed by atoms with Crippen LogP contribution in [0.4, 0.5) is 18.9 Å². The Kier molecular flexibility index (Phi) is 4.74. The van der Waals surface area contributed by atoms with Crippen LogP contribution in [0.2, 0.25) is 0 Å². The Labute approximate surface area is 143 Å². The summed E-state index contributed by atoms with van der Waals surface area (Å²) in [6.07, 6.45) is -4.21. The molecule has 130 valence electrons. The average Bonchev–Trinajstić information content (AvgIpc) is 3.06. The van der Waals surface area contributed by atoms with Crippen molar-refractivity contribution in [2.24, 2.45) is 5.10 Å². The summed E-state index contributed by atoms with van der Waals surface area (Å²) in [5, 5.41) is 7.85. The SMILES string of the molecule is O=C(NCC(F)(F)F)C1=NN(c2ccccc2)C(c2ccccc2)C1. The quantitative estimate of drug-likeness (QED) is 0.917. The topological polar surface area (TPSA) is 44.7 Å². The van der Waals surface area contributed by atoms with Crippen LogP contribution in [0.1, 0.15) is 18.0 Å². The monoisotopic (exact) mass is 347 g/mol. The van der Waals surface area contributed by atoms with Gasteiger partial charge in [-0.2, -0.15) is 18.3 Å². The lowest BCUT2D eigenvalue weighted by atomic mass is 10.0. The van der Waals surface area contributed by atoms with Crippen molar-refractivity contribution in [2.45, 2.75) is 18.6 Å². The molecule has 1 aliphatic rings. The first-order chi connectivity index (χ1) is 11.9. The molecule has 1 atom stereocenters. The normalized spacial score (nSPS) is 17.3. The zero-order chi connectivity index (χ0) is 17.9. The lowest BCUT2D eigenvalue weighted by molar-refractivity contribution is -0.134. The van der Waals surface area contributed by atoms with Gasteiger partial charge in [0.15, 0.2) is 0 Å². The third-order valence-corrected chi connectivity index (χ3v) is 3.83. The summed E-state index contributed by atoms with van der Waals surface area (Å²) in [4.78, 5) is 12.1. The van der Waals surface area contributed by atoms with Crippen molar-refractivity contribution in [1.29, 1.82) is 0 Å². The minimum atomic E-state index is -4.45. The molecular formula is C18H16F3N3O. The molecule has 1 heterocycles. The van der Waals surface area contributed by atoms with Crippen molar-refractivity contribution in [2.75, 3.05) is 11.6 Å². The highest BCUT2D eigenvalue weighted by atomic mass is 19.4. The standard InChI is InChI=1S/C18H16F3N3O/c19-18(20,21)12-22-17(25)15-11-16(13-7-3-1-4-8-13)24(23-15)14-9-5-2-6-10-14/h1-10,16H,11-12H2,(H,22,25). The van der Waals surface area contributed by atoms with Crippen LogP contribution in [0.15, 0.2) is 65.8 Å². The van der Waals surface area contributed by atoms with Gasteiger partial charge in [-0.15, -0.1) is 0 Å². The predicted octanol–water partition coefficient (Wildman–Crippen LogP) is 3.67. The van der Waals surface area contributed by atoms with Crippen LogP contribution >= 0.6 is 0 Å². The molecule has 0 saturated carbocycles. The van der Waals surface area contributed by atoms with E-state index in [0.717, 1.165) is 11.3 Å². The summed E-state index contributed by atoms with van der Waals surface area (Å²) < 4.78 is 37.0. The molecule has 1 amide bonds. The van der Waals surface area contributed by atoms with Crippen molar-refractivity contribution in [1.82, 2.24) is 5.32 Å². The Morgan fingerprint density at radius 3 is 2.28 bits per heavy atom. The number of hydrazone groups is 1. The molecule has 1 unspecified atom stereocenters. The highest BCUT2D eigenvalue weighted by Gasteiger charge is 2.34. The Bertz CT molecular complexity index is 760. The molecule has 0 radical (unpaired) electrons. The number of hydrogen-bond donors (Lipinski definition) is 1. The summed E-state index contributed by atoms with van der Waals surface area (Å²) in [5.74, 6) is -0.795. The average molecular weight is 347 g/mol. The number of amides is 1. The first-order valence-electron chi connectivity index (χ1n) is 7.76. The second kappa shape index (κ2) is 6.96. The molecule has 0 aromatic heterocycles. The van der Waals surface area contributed by atoms with E-state index in [9.17, 15) is 18.0 Å². The van der Waals surface area contributed by atoms with E-state index in [0.29, 0.717) is 0 Å². The number of carbonyl (C=O) groups is 1. The number of rotatable bonds is 4. The van der Waals surface area contributed by atoms with Crippen molar-refractivity contribution in [3.8, 4) is 0 Å². The fourth-order valence-electron chi connectivity index (χ4n) is 2.68. The van der Waals surface area contributed by atoms with Crippen molar-refractivity contribution >= 4 is 17.3 Å². The second-order valence-electron chi connectivity index (χ2n) is 5.66. The summed E-state index contributed by atoms with van der Waals surface area (Å²) in [7, 11) is 0. The van der Waals surface area contributed by atoms with Gasteiger partial charge in [0.25, 0.3) is 5.91 Å². The molecule has 1 aliphatic heterocycles. The van der Waals surface area contributed by atoms with Gasteiger partial charge in [-0.1, -0.05) is 48.5 Å². The highest BCUT2D eigenvalue weighted by molar-refractivity contribution is 6.39. The molecule has 3 rings (SSSR count). The van der Waals surface area contributed by atoms with Crippen molar-refractivity contribution in [3.63, 3.8) is 0 Å². The number of alkyl halides is 3. The van der Waals surface area contributed by atoms with Crippen LogP contribution in [-0.2, 0) is 4.79 Å². The minimum Gasteiger partial charge on any atom is -0.342 e. The third kappa shape index (κ3) is 4.17. The fourth-order valence-corrected chi connectivity index (χ4v) is 2.68. The predicted molar refractivity (Wildman–Crippen MR) is 89.2 cm³/mol. The zero-order valence-electron chi connectivity index (χ0n) is 13.2. The molecule has 0 fully saturated rings. The molecule has 0 saturated heterocycles. The molecule has 25 heavy (non-hydrogen) atoms. The summed E-state index contributed by atoms with van der Waals surface area (Å²) >= 11 is 0. The second-order valence-corrected chi connectivity index (χ2v) is 5.66. The Balaban J connectivity index is 1.85. The number of benzene rings is 2. The van der Waals surface area contributed by atoms with Crippen LogP contribution in [0, 0.1) is 0 Å². The van der Waals surface area contributed by atoms with E-state index in [2.05, 4.69) is 5.10 Å².